The molecule has 0 spiro atoms. The molecule has 0 radical (unpaired) electrons. The lowest BCUT2D eigenvalue weighted by molar-refractivity contribution is 0.0938. The second kappa shape index (κ2) is 8.94. The van der Waals surface area contributed by atoms with Gasteiger partial charge in [0.25, 0.3) is 11.5 Å². The van der Waals surface area contributed by atoms with E-state index >= 15 is 0 Å². The molecule has 1 saturated carbocycles. The molecular formula is C24H24N4O2S. The molecule has 1 amide bonds. The van der Waals surface area contributed by atoms with Crippen LogP contribution < -0.4 is 10.9 Å². The van der Waals surface area contributed by atoms with Gasteiger partial charge in [0.05, 0.1) is 28.4 Å². The van der Waals surface area contributed by atoms with Crippen LogP contribution in [0.15, 0.2) is 46.3 Å². The molecule has 158 valence electrons. The Balaban J connectivity index is 1.81. The lowest BCUT2D eigenvalue weighted by Crippen LogP contribution is -2.32. The minimum absolute atomic E-state index is 0.139. The number of rotatable bonds is 5. The van der Waals surface area contributed by atoms with Gasteiger partial charge in [-0.25, -0.2) is 4.98 Å². The molecule has 1 aromatic heterocycles. The molecule has 0 aliphatic heterocycles. The van der Waals surface area contributed by atoms with Crippen LogP contribution >= 0.6 is 11.8 Å². The molecule has 0 saturated heterocycles. The SMILES string of the molecule is Cc1cc(C)cc(-n2c(SCC#N)nc3cc(C(=O)NC4CCCC4)ccc3c2=O)c1. The molecule has 1 aliphatic rings. The van der Waals surface area contributed by atoms with Crippen molar-refractivity contribution in [3.8, 4) is 11.8 Å². The number of benzene rings is 2. The lowest BCUT2D eigenvalue weighted by Gasteiger charge is -2.15. The Hall–Kier alpha value is -3.11. The van der Waals surface area contributed by atoms with Gasteiger partial charge in [0, 0.05) is 11.6 Å². The third-order valence-electron chi connectivity index (χ3n) is 5.52. The second-order valence-electron chi connectivity index (χ2n) is 8.01. The van der Waals surface area contributed by atoms with E-state index in [0.29, 0.717) is 21.6 Å². The standard InChI is InChI=1S/C24H24N4O2S/c1-15-11-16(2)13-19(12-15)28-23(30)20-8-7-17(22(29)26-18-5-3-4-6-18)14-21(20)27-24(28)31-10-9-25/h7-8,11-14,18H,3-6,10H2,1-2H3,(H,26,29). The number of aromatic nitrogens is 2. The third kappa shape index (κ3) is 4.49. The van der Waals surface area contributed by atoms with Gasteiger partial charge in [-0.15, -0.1) is 0 Å². The first-order valence-electron chi connectivity index (χ1n) is 10.4. The highest BCUT2D eigenvalue weighted by molar-refractivity contribution is 7.99. The molecule has 1 fully saturated rings. The highest BCUT2D eigenvalue weighted by atomic mass is 32.2. The number of aryl methyl sites for hydroxylation is 2. The van der Waals surface area contributed by atoms with Gasteiger partial charge in [0.15, 0.2) is 5.16 Å². The first-order valence-corrected chi connectivity index (χ1v) is 11.4. The molecule has 1 heterocycles. The average Bonchev–Trinajstić information content (AvgIpc) is 3.24. The Morgan fingerprint density at radius 3 is 2.58 bits per heavy atom. The summed E-state index contributed by atoms with van der Waals surface area (Å²) in [6.07, 6.45) is 4.30. The van der Waals surface area contributed by atoms with E-state index in [1.807, 2.05) is 32.0 Å². The third-order valence-corrected chi connectivity index (χ3v) is 6.33. The predicted molar refractivity (Wildman–Crippen MR) is 123 cm³/mol. The van der Waals surface area contributed by atoms with Crippen molar-refractivity contribution in [1.82, 2.24) is 14.9 Å². The summed E-state index contributed by atoms with van der Waals surface area (Å²) in [4.78, 5) is 30.8. The Bertz CT molecular complexity index is 1230. The maximum atomic E-state index is 13.4. The number of hydrogen-bond acceptors (Lipinski definition) is 5. The fraction of sp³-hybridized carbons (Fsp3) is 0.333. The number of hydrogen-bond donors (Lipinski definition) is 1. The first-order chi connectivity index (χ1) is 15.0. The second-order valence-corrected chi connectivity index (χ2v) is 8.96. The topological polar surface area (TPSA) is 87.8 Å². The zero-order valence-electron chi connectivity index (χ0n) is 17.6. The van der Waals surface area contributed by atoms with E-state index in [2.05, 4.69) is 16.4 Å². The number of carbonyl (C=O) groups excluding carboxylic acids is 1. The van der Waals surface area contributed by atoms with Gasteiger partial charge in [0.2, 0.25) is 0 Å². The highest BCUT2D eigenvalue weighted by Crippen LogP contribution is 2.24. The maximum absolute atomic E-state index is 13.4. The summed E-state index contributed by atoms with van der Waals surface area (Å²) < 4.78 is 1.56. The summed E-state index contributed by atoms with van der Waals surface area (Å²) in [5.74, 6) is 0.0326. The Morgan fingerprint density at radius 2 is 1.90 bits per heavy atom. The zero-order valence-corrected chi connectivity index (χ0v) is 18.5. The minimum Gasteiger partial charge on any atom is -0.349 e. The average molecular weight is 433 g/mol. The van der Waals surface area contributed by atoms with E-state index in [-0.39, 0.29) is 23.3 Å². The van der Waals surface area contributed by atoms with Gasteiger partial charge < -0.3 is 5.32 Å². The van der Waals surface area contributed by atoms with Crippen LogP contribution in [-0.4, -0.2) is 27.3 Å². The van der Waals surface area contributed by atoms with Gasteiger partial charge in [-0.3, -0.25) is 14.2 Å². The van der Waals surface area contributed by atoms with Gasteiger partial charge in [0.1, 0.15) is 0 Å². The molecular weight excluding hydrogens is 408 g/mol. The Morgan fingerprint density at radius 1 is 1.19 bits per heavy atom. The van der Waals surface area contributed by atoms with Crippen LogP contribution in [0.3, 0.4) is 0 Å². The van der Waals surface area contributed by atoms with E-state index in [0.717, 1.165) is 42.5 Å². The normalized spacial score (nSPS) is 14.0. The summed E-state index contributed by atoms with van der Waals surface area (Å²) in [6, 6.07) is 13.3. The monoisotopic (exact) mass is 432 g/mol. The smallest absolute Gasteiger partial charge is 0.266 e. The van der Waals surface area contributed by atoms with Crippen LogP contribution in [0.1, 0.15) is 47.2 Å². The van der Waals surface area contributed by atoms with Crippen LogP contribution in [0, 0.1) is 25.2 Å². The lowest BCUT2D eigenvalue weighted by atomic mass is 10.1. The fourth-order valence-corrected chi connectivity index (χ4v) is 4.82. The molecule has 0 unspecified atom stereocenters. The summed E-state index contributed by atoms with van der Waals surface area (Å²) in [5.41, 5.74) is 3.55. The van der Waals surface area contributed by atoms with Crippen molar-refractivity contribution in [3.05, 3.63) is 63.4 Å². The predicted octanol–water partition coefficient (Wildman–Crippen LogP) is 4.29. The number of thioether (sulfide) groups is 1. The highest BCUT2D eigenvalue weighted by Gasteiger charge is 2.19. The van der Waals surface area contributed by atoms with Crippen molar-refractivity contribution < 1.29 is 4.79 Å². The number of nitriles is 1. The van der Waals surface area contributed by atoms with Crippen molar-refractivity contribution in [2.75, 3.05) is 5.75 Å². The van der Waals surface area contributed by atoms with Gasteiger partial charge >= 0.3 is 0 Å². The molecule has 31 heavy (non-hydrogen) atoms. The van der Waals surface area contributed by atoms with Crippen molar-refractivity contribution in [2.24, 2.45) is 0 Å². The summed E-state index contributed by atoms with van der Waals surface area (Å²) >= 11 is 1.21. The van der Waals surface area contributed by atoms with Gasteiger partial charge in [-0.2, -0.15) is 5.26 Å². The van der Waals surface area contributed by atoms with Crippen LogP contribution in [-0.2, 0) is 0 Å². The minimum atomic E-state index is -0.210. The molecule has 1 N–H and O–H groups in total. The van der Waals surface area contributed by atoms with E-state index in [9.17, 15) is 9.59 Å². The van der Waals surface area contributed by atoms with Crippen LogP contribution in [0.4, 0.5) is 0 Å². The van der Waals surface area contributed by atoms with Gasteiger partial charge in [-0.1, -0.05) is 30.7 Å². The summed E-state index contributed by atoms with van der Waals surface area (Å²) in [5, 5.41) is 13.0. The summed E-state index contributed by atoms with van der Waals surface area (Å²) in [6.45, 7) is 3.96. The van der Waals surface area contributed by atoms with Gasteiger partial charge in [-0.05, 0) is 68.1 Å². The fourth-order valence-electron chi connectivity index (χ4n) is 4.15. The zero-order chi connectivity index (χ0) is 22.0. The van der Waals surface area contributed by atoms with E-state index in [1.165, 1.54) is 11.8 Å². The van der Waals surface area contributed by atoms with E-state index in [1.54, 1.807) is 22.8 Å². The summed E-state index contributed by atoms with van der Waals surface area (Å²) in [7, 11) is 0. The molecule has 6 nitrogen and oxygen atoms in total. The van der Waals surface area contributed by atoms with E-state index < -0.39 is 0 Å². The number of amides is 1. The number of nitrogens with zero attached hydrogens (tertiary/aromatic N) is 3. The number of carbonyl (C=O) groups is 1. The molecule has 4 rings (SSSR count). The van der Waals surface area contributed by atoms with Crippen molar-refractivity contribution in [2.45, 2.75) is 50.7 Å². The molecule has 3 aromatic rings. The van der Waals surface area contributed by atoms with Crippen LogP contribution in [0.2, 0.25) is 0 Å². The number of fused-ring (bicyclic) bond motifs is 1. The molecule has 0 atom stereocenters. The largest absolute Gasteiger partial charge is 0.349 e. The molecule has 7 heteroatoms. The molecule has 1 aliphatic carbocycles. The maximum Gasteiger partial charge on any atom is 0.266 e. The quantitative estimate of drug-likeness (QED) is 0.480. The van der Waals surface area contributed by atoms with Crippen LogP contribution in [0.5, 0.6) is 0 Å². The van der Waals surface area contributed by atoms with Crippen molar-refractivity contribution in [1.29, 1.82) is 5.26 Å². The molecule has 2 aromatic carbocycles. The van der Waals surface area contributed by atoms with E-state index in [4.69, 9.17) is 5.26 Å². The first kappa shape index (κ1) is 21.1. The van der Waals surface area contributed by atoms with Crippen molar-refractivity contribution in [3.63, 3.8) is 0 Å². The Kier molecular flexibility index (Phi) is 6.10. The number of nitrogens with one attached hydrogen (secondary N) is 1. The van der Waals surface area contributed by atoms with Crippen LogP contribution in [0.25, 0.3) is 16.6 Å². The Labute approximate surface area is 185 Å². The molecule has 0 bridgehead atoms. The van der Waals surface area contributed by atoms with Crippen molar-refractivity contribution >= 4 is 28.6 Å².